The fourth-order valence-corrected chi connectivity index (χ4v) is 1.30. The van der Waals surface area contributed by atoms with Crippen LogP contribution in [0.25, 0.3) is 0 Å². The number of rotatable bonds is 6. The van der Waals surface area contributed by atoms with Crippen LogP contribution in [-0.2, 0) is 0 Å². The van der Waals surface area contributed by atoms with Crippen molar-refractivity contribution in [2.24, 2.45) is 0 Å². The van der Waals surface area contributed by atoms with Crippen LogP contribution in [0.1, 0.15) is 24.7 Å². The molecular formula is C11H17N5. The second-order valence-electron chi connectivity index (χ2n) is 3.46. The first kappa shape index (κ1) is 12.4. The molecule has 0 aliphatic rings. The van der Waals surface area contributed by atoms with Crippen LogP contribution in [0.2, 0.25) is 0 Å². The van der Waals surface area contributed by atoms with Gasteiger partial charge in [-0.05, 0) is 32.5 Å². The fourth-order valence-electron chi connectivity index (χ4n) is 1.30. The van der Waals surface area contributed by atoms with E-state index in [1.807, 2.05) is 13.0 Å². The Balaban J connectivity index is 2.42. The van der Waals surface area contributed by atoms with Gasteiger partial charge in [0.1, 0.15) is 11.8 Å². The average molecular weight is 219 g/mol. The predicted molar refractivity (Wildman–Crippen MR) is 63.1 cm³/mol. The van der Waals surface area contributed by atoms with Gasteiger partial charge in [0.2, 0.25) is 5.95 Å². The zero-order chi connectivity index (χ0) is 11.8. The first-order valence-electron chi connectivity index (χ1n) is 5.46. The molecule has 1 aromatic rings. The highest BCUT2D eigenvalue weighted by atomic mass is 15.1. The van der Waals surface area contributed by atoms with Gasteiger partial charge in [-0.15, -0.1) is 0 Å². The summed E-state index contributed by atoms with van der Waals surface area (Å²) in [6.07, 6.45) is 1.01. The molecule has 16 heavy (non-hydrogen) atoms. The third-order valence-corrected chi connectivity index (χ3v) is 2.03. The van der Waals surface area contributed by atoms with Crippen LogP contribution in [0.4, 0.5) is 5.95 Å². The second-order valence-corrected chi connectivity index (χ2v) is 3.46. The van der Waals surface area contributed by atoms with Gasteiger partial charge >= 0.3 is 0 Å². The van der Waals surface area contributed by atoms with Gasteiger partial charge in [0, 0.05) is 12.2 Å². The highest BCUT2D eigenvalue weighted by Gasteiger charge is 2.00. The monoisotopic (exact) mass is 219 g/mol. The summed E-state index contributed by atoms with van der Waals surface area (Å²) in [5.74, 6) is 0.535. The molecular weight excluding hydrogens is 202 g/mol. The van der Waals surface area contributed by atoms with Crippen LogP contribution < -0.4 is 10.6 Å². The van der Waals surface area contributed by atoms with Crippen molar-refractivity contribution in [1.82, 2.24) is 15.3 Å². The highest BCUT2D eigenvalue weighted by Crippen LogP contribution is 2.03. The lowest BCUT2D eigenvalue weighted by Gasteiger charge is -2.05. The summed E-state index contributed by atoms with van der Waals surface area (Å²) in [6.45, 7) is 6.70. The average Bonchev–Trinajstić information content (AvgIpc) is 2.28. The van der Waals surface area contributed by atoms with E-state index < -0.39 is 0 Å². The van der Waals surface area contributed by atoms with Crippen LogP contribution in [0.3, 0.4) is 0 Å². The molecule has 0 bridgehead atoms. The van der Waals surface area contributed by atoms with E-state index in [-0.39, 0.29) is 0 Å². The Morgan fingerprint density at radius 3 is 2.88 bits per heavy atom. The van der Waals surface area contributed by atoms with Crippen molar-refractivity contribution in [2.45, 2.75) is 20.3 Å². The van der Waals surface area contributed by atoms with Crippen molar-refractivity contribution >= 4 is 5.95 Å². The van der Waals surface area contributed by atoms with Gasteiger partial charge in [0.15, 0.2) is 0 Å². The number of hydrogen-bond acceptors (Lipinski definition) is 5. The largest absolute Gasteiger partial charge is 0.354 e. The molecule has 0 saturated carbocycles. The van der Waals surface area contributed by atoms with E-state index in [2.05, 4.69) is 27.5 Å². The van der Waals surface area contributed by atoms with E-state index in [0.717, 1.165) is 31.7 Å². The van der Waals surface area contributed by atoms with Gasteiger partial charge < -0.3 is 10.6 Å². The van der Waals surface area contributed by atoms with Crippen LogP contribution in [0, 0.1) is 18.3 Å². The zero-order valence-corrected chi connectivity index (χ0v) is 9.75. The van der Waals surface area contributed by atoms with Crippen LogP contribution in [0.15, 0.2) is 6.07 Å². The Morgan fingerprint density at radius 2 is 2.19 bits per heavy atom. The summed E-state index contributed by atoms with van der Waals surface area (Å²) < 4.78 is 0. The highest BCUT2D eigenvalue weighted by molar-refractivity contribution is 5.32. The Morgan fingerprint density at radius 1 is 1.38 bits per heavy atom. The van der Waals surface area contributed by atoms with E-state index in [0.29, 0.717) is 11.6 Å². The molecule has 0 atom stereocenters. The number of hydrogen-bond donors (Lipinski definition) is 2. The molecule has 0 spiro atoms. The van der Waals surface area contributed by atoms with Crippen LogP contribution in [-0.4, -0.2) is 29.6 Å². The van der Waals surface area contributed by atoms with Crippen molar-refractivity contribution in [1.29, 1.82) is 5.26 Å². The lowest BCUT2D eigenvalue weighted by Crippen LogP contribution is -2.17. The van der Waals surface area contributed by atoms with Crippen molar-refractivity contribution < 1.29 is 0 Å². The molecule has 0 amide bonds. The van der Waals surface area contributed by atoms with E-state index >= 15 is 0 Å². The third kappa shape index (κ3) is 4.24. The topological polar surface area (TPSA) is 73.6 Å². The van der Waals surface area contributed by atoms with Gasteiger partial charge in [0.25, 0.3) is 0 Å². The minimum absolute atomic E-state index is 0.404. The van der Waals surface area contributed by atoms with E-state index in [4.69, 9.17) is 5.26 Å². The molecule has 0 radical (unpaired) electrons. The first-order valence-corrected chi connectivity index (χ1v) is 5.46. The molecule has 1 heterocycles. The lowest BCUT2D eigenvalue weighted by atomic mass is 10.3. The summed E-state index contributed by atoms with van der Waals surface area (Å²) in [6, 6.07) is 3.69. The van der Waals surface area contributed by atoms with Crippen LogP contribution >= 0.6 is 0 Å². The molecule has 0 aliphatic heterocycles. The molecule has 5 heteroatoms. The predicted octanol–water partition coefficient (Wildman–Crippen LogP) is 1.07. The quantitative estimate of drug-likeness (QED) is 0.700. The molecule has 0 aliphatic carbocycles. The van der Waals surface area contributed by atoms with Crippen molar-refractivity contribution in [2.75, 3.05) is 25.0 Å². The Kier molecular flexibility index (Phi) is 5.23. The summed E-state index contributed by atoms with van der Waals surface area (Å²) >= 11 is 0. The SMILES string of the molecule is CCNCCCNc1nc(C)cc(C#N)n1. The summed E-state index contributed by atoms with van der Waals surface area (Å²) in [5, 5.41) is 15.1. The molecule has 1 rings (SSSR count). The number of nitrogens with one attached hydrogen (secondary N) is 2. The normalized spacial score (nSPS) is 9.81. The summed E-state index contributed by atoms with van der Waals surface area (Å²) in [7, 11) is 0. The van der Waals surface area contributed by atoms with E-state index in [1.165, 1.54) is 0 Å². The van der Waals surface area contributed by atoms with E-state index in [9.17, 15) is 0 Å². The van der Waals surface area contributed by atoms with Gasteiger partial charge in [-0.3, -0.25) is 0 Å². The first-order chi connectivity index (χ1) is 7.76. The molecule has 1 aromatic heterocycles. The second kappa shape index (κ2) is 6.75. The zero-order valence-electron chi connectivity index (χ0n) is 9.75. The molecule has 86 valence electrons. The minimum atomic E-state index is 0.404. The molecule has 0 aromatic carbocycles. The summed E-state index contributed by atoms with van der Waals surface area (Å²) in [4.78, 5) is 8.27. The van der Waals surface area contributed by atoms with Crippen LogP contribution in [0.5, 0.6) is 0 Å². The molecule has 2 N–H and O–H groups in total. The van der Waals surface area contributed by atoms with Crippen molar-refractivity contribution in [3.05, 3.63) is 17.5 Å². The van der Waals surface area contributed by atoms with Gasteiger partial charge in [0.05, 0.1) is 0 Å². The summed E-state index contributed by atoms with van der Waals surface area (Å²) in [5.41, 5.74) is 1.21. The third-order valence-electron chi connectivity index (χ3n) is 2.03. The van der Waals surface area contributed by atoms with Gasteiger partial charge in [-0.25, -0.2) is 9.97 Å². The smallest absolute Gasteiger partial charge is 0.224 e. The minimum Gasteiger partial charge on any atom is -0.354 e. The maximum Gasteiger partial charge on any atom is 0.224 e. The molecule has 0 fully saturated rings. The fraction of sp³-hybridized carbons (Fsp3) is 0.545. The van der Waals surface area contributed by atoms with Crippen molar-refractivity contribution in [3.8, 4) is 6.07 Å². The van der Waals surface area contributed by atoms with Gasteiger partial charge in [-0.1, -0.05) is 6.92 Å². The maximum absolute atomic E-state index is 8.75. The number of nitrogens with zero attached hydrogens (tertiary/aromatic N) is 3. The molecule has 0 saturated heterocycles. The maximum atomic E-state index is 8.75. The number of aromatic nitrogens is 2. The number of aryl methyl sites for hydroxylation is 1. The van der Waals surface area contributed by atoms with E-state index in [1.54, 1.807) is 6.07 Å². The Hall–Kier alpha value is -1.67. The lowest BCUT2D eigenvalue weighted by molar-refractivity contribution is 0.687. The van der Waals surface area contributed by atoms with Gasteiger partial charge in [-0.2, -0.15) is 5.26 Å². The standard InChI is InChI=1S/C11H17N5/c1-3-13-5-4-6-14-11-15-9(2)7-10(8-12)16-11/h7,13H,3-6H2,1-2H3,(H,14,15,16). The van der Waals surface area contributed by atoms with Crippen molar-refractivity contribution in [3.63, 3.8) is 0 Å². The molecule has 0 unspecified atom stereocenters. The number of anilines is 1. The number of nitriles is 1. The Bertz CT molecular complexity index is 369. The molecule has 5 nitrogen and oxygen atoms in total. The Labute approximate surface area is 95.9 Å².